The molecule has 0 bridgehead atoms. The molecule has 1 saturated heterocycles. The third kappa shape index (κ3) is 3.69. The van der Waals surface area contributed by atoms with Gasteiger partial charge in [-0.3, -0.25) is 4.79 Å². The summed E-state index contributed by atoms with van der Waals surface area (Å²) in [5.41, 5.74) is 2.01. The minimum atomic E-state index is -0.0524. The van der Waals surface area contributed by atoms with E-state index >= 15 is 0 Å². The van der Waals surface area contributed by atoms with Gasteiger partial charge in [-0.2, -0.15) is 4.98 Å². The molecule has 2 atom stereocenters. The van der Waals surface area contributed by atoms with Crippen molar-refractivity contribution in [2.75, 3.05) is 25.1 Å². The summed E-state index contributed by atoms with van der Waals surface area (Å²) in [7, 11) is 1.65. The van der Waals surface area contributed by atoms with Crippen LogP contribution in [0, 0.1) is 0 Å². The molecule has 1 aromatic heterocycles. The van der Waals surface area contributed by atoms with Crippen LogP contribution in [0.15, 0.2) is 59.1 Å². The van der Waals surface area contributed by atoms with Crippen molar-refractivity contribution in [1.29, 1.82) is 0 Å². The maximum atomic E-state index is 11.7. The molecular formula is C21H22N4O3. The van der Waals surface area contributed by atoms with Gasteiger partial charge in [0.1, 0.15) is 5.75 Å². The van der Waals surface area contributed by atoms with Gasteiger partial charge in [-0.25, -0.2) is 0 Å². The summed E-state index contributed by atoms with van der Waals surface area (Å²) in [5, 5.41) is 7.21. The second-order valence-electron chi connectivity index (χ2n) is 6.86. The van der Waals surface area contributed by atoms with Crippen LogP contribution in [-0.4, -0.2) is 42.3 Å². The van der Waals surface area contributed by atoms with Gasteiger partial charge in [-0.15, -0.1) is 0 Å². The molecule has 4 rings (SSSR count). The summed E-state index contributed by atoms with van der Waals surface area (Å²) in [5.74, 6) is 1.89. The van der Waals surface area contributed by atoms with Crippen molar-refractivity contribution in [3.8, 4) is 17.2 Å². The smallest absolute Gasteiger partial charge is 0.266 e. The number of hydrogen-bond donors (Lipinski definition) is 1. The van der Waals surface area contributed by atoms with E-state index in [1.165, 1.54) is 6.92 Å². The van der Waals surface area contributed by atoms with Gasteiger partial charge >= 0.3 is 0 Å². The largest absolute Gasteiger partial charge is 0.497 e. The topological polar surface area (TPSA) is 80.5 Å². The number of ether oxygens (including phenoxy) is 1. The molecule has 0 radical (unpaired) electrons. The molecule has 1 N–H and O–H groups in total. The predicted octanol–water partition coefficient (Wildman–Crippen LogP) is 2.85. The van der Waals surface area contributed by atoms with Crippen molar-refractivity contribution in [2.24, 2.45) is 0 Å². The molecule has 1 aliphatic rings. The number of methoxy groups -OCH3 is 1. The number of hydrogen-bond acceptors (Lipinski definition) is 6. The summed E-state index contributed by atoms with van der Waals surface area (Å²) in [4.78, 5) is 18.3. The van der Waals surface area contributed by atoms with E-state index in [1.807, 2.05) is 59.5 Å². The summed E-state index contributed by atoms with van der Waals surface area (Å²) in [6.07, 6.45) is 0. The summed E-state index contributed by atoms with van der Waals surface area (Å²) < 4.78 is 10.7. The number of anilines is 1. The highest BCUT2D eigenvalue weighted by Gasteiger charge is 2.36. The van der Waals surface area contributed by atoms with Gasteiger partial charge in [-0.05, 0) is 35.0 Å². The quantitative estimate of drug-likeness (QED) is 0.735. The molecule has 0 spiro atoms. The highest BCUT2D eigenvalue weighted by Crippen LogP contribution is 2.32. The molecule has 28 heavy (non-hydrogen) atoms. The second kappa shape index (κ2) is 7.72. The first kappa shape index (κ1) is 18.0. The Morgan fingerprint density at radius 1 is 1.14 bits per heavy atom. The van der Waals surface area contributed by atoms with Crippen molar-refractivity contribution in [3.05, 3.63) is 60.2 Å². The van der Waals surface area contributed by atoms with E-state index in [-0.39, 0.29) is 17.9 Å². The van der Waals surface area contributed by atoms with Crippen LogP contribution in [0.1, 0.15) is 18.4 Å². The van der Waals surface area contributed by atoms with Crippen molar-refractivity contribution < 1.29 is 14.1 Å². The SMILES string of the molecule is COc1ccc([C@@H]2CN(c3noc(-c4ccccc4)n3)C[C@H]2NC(C)=O)cc1. The lowest BCUT2D eigenvalue weighted by molar-refractivity contribution is -0.119. The van der Waals surface area contributed by atoms with Crippen LogP contribution in [-0.2, 0) is 4.79 Å². The number of nitrogens with zero attached hydrogens (tertiary/aromatic N) is 3. The first-order valence-corrected chi connectivity index (χ1v) is 9.19. The molecule has 0 unspecified atom stereocenters. The molecule has 144 valence electrons. The molecule has 3 aromatic rings. The Labute approximate surface area is 163 Å². The minimum Gasteiger partial charge on any atom is -0.497 e. The fourth-order valence-corrected chi connectivity index (χ4v) is 3.61. The maximum absolute atomic E-state index is 11.7. The molecule has 1 aliphatic heterocycles. The molecule has 0 aliphatic carbocycles. The highest BCUT2D eigenvalue weighted by atomic mass is 16.5. The Hall–Kier alpha value is -3.35. The maximum Gasteiger partial charge on any atom is 0.266 e. The average molecular weight is 378 g/mol. The Balaban J connectivity index is 1.57. The summed E-state index contributed by atoms with van der Waals surface area (Å²) >= 11 is 0. The Morgan fingerprint density at radius 2 is 1.89 bits per heavy atom. The third-order valence-corrected chi connectivity index (χ3v) is 4.97. The lowest BCUT2D eigenvalue weighted by atomic mass is 9.94. The zero-order chi connectivity index (χ0) is 19.5. The number of aromatic nitrogens is 2. The van der Waals surface area contributed by atoms with E-state index in [4.69, 9.17) is 9.26 Å². The van der Waals surface area contributed by atoms with Gasteiger partial charge in [0.05, 0.1) is 13.2 Å². The van der Waals surface area contributed by atoms with Crippen molar-refractivity contribution in [3.63, 3.8) is 0 Å². The van der Waals surface area contributed by atoms with Crippen LogP contribution in [0.2, 0.25) is 0 Å². The lowest BCUT2D eigenvalue weighted by Gasteiger charge is -2.19. The van der Waals surface area contributed by atoms with Gasteiger partial charge in [0.15, 0.2) is 0 Å². The molecule has 1 amide bonds. The third-order valence-electron chi connectivity index (χ3n) is 4.97. The number of carbonyl (C=O) groups excluding carboxylic acids is 1. The minimum absolute atomic E-state index is 0.0374. The van der Waals surface area contributed by atoms with Gasteiger partial charge in [0, 0.05) is 31.5 Å². The first-order valence-electron chi connectivity index (χ1n) is 9.19. The fourth-order valence-electron chi connectivity index (χ4n) is 3.61. The van der Waals surface area contributed by atoms with Crippen LogP contribution in [0.25, 0.3) is 11.5 Å². The number of amides is 1. The zero-order valence-corrected chi connectivity index (χ0v) is 15.8. The number of nitrogens with one attached hydrogen (secondary N) is 1. The Bertz CT molecular complexity index is 940. The van der Waals surface area contributed by atoms with Gasteiger partial charge in [-0.1, -0.05) is 30.3 Å². The predicted molar refractivity (Wildman–Crippen MR) is 105 cm³/mol. The monoisotopic (exact) mass is 378 g/mol. The molecular weight excluding hydrogens is 356 g/mol. The highest BCUT2D eigenvalue weighted by molar-refractivity contribution is 5.73. The van der Waals surface area contributed by atoms with Crippen LogP contribution >= 0.6 is 0 Å². The number of carbonyl (C=O) groups is 1. The van der Waals surface area contributed by atoms with Gasteiger partial charge in [0.25, 0.3) is 11.8 Å². The van der Waals surface area contributed by atoms with E-state index in [1.54, 1.807) is 7.11 Å². The van der Waals surface area contributed by atoms with Gasteiger partial charge in [0.2, 0.25) is 5.91 Å². The fraction of sp³-hybridized carbons (Fsp3) is 0.286. The molecule has 7 nitrogen and oxygen atoms in total. The van der Waals surface area contributed by atoms with Crippen LogP contribution < -0.4 is 15.0 Å². The van der Waals surface area contributed by atoms with E-state index in [9.17, 15) is 4.79 Å². The Kier molecular flexibility index (Phi) is 4.97. The average Bonchev–Trinajstić information content (AvgIpc) is 3.36. The molecule has 2 heterocycles. The molecule has 1 fully saturated rings. The normalized spacial score (nSPS) is 18.9. The van der Waals surface area contributed by atoms with Crippen LogP contribution in [0.4, 0.5) is 5.95 Å². The summed E-state index contributed by atoms with van der Waals surface area (Å²) in [6, 6.07) is 17.6. The van der Waals surface area contributed by atoms with Crippen LogP contribution in [0.5, 0.6) is 5.75 Å². The Morgan fingerprint density at radius 3 is 2.57 bits per heavy atom. The van der Waals surface area contributed by atoms with E-state index in [2.05, 4.69) is 15.5 Å². The van der Waals surface area contributed by atoms with Crippen molar-refractivity contribution >= 4 is 11.9 Å². The van der Waals surface area contributed by atoms with E-state index < -0.39 is 0 Å². The van der Waals surface area contributed by atoms with Crippen molar-refractivity contribution in [2.45, 2.75) is 18.9 Å². The molecule has 2 aromatic carbocycles. The lowest BCUT2D eigenvalue weighted by Crippen LogP contribution is -2.38. The molecule has 0 saturated carbocycles. The number of benzene rings is 2. The second-order valence-corrected chi connectivity index (χ2v) is 6.86. The standard InChI is InChI=1S/C21H22N4O3/c1-14(26)22-19-13-25(12-18(19)15-8-10-17(27-2)11-9-15)21-23-20(28-24-21)16-6-4-3-5-7-16/h3-11,18-19H,12-13H2,1-2H3,(H,22,26)/t18-,19+/m0/s1. The van der Waals surface area contributed by atoms with Crippen LogP contribution in [0.3, 0.4) is 0 Å². The number of rotatable bonds is 5. The van der Waals surface area contributed by atoms with Crippen molar-refractivity contribution in [1.82, 2.24) is 15.5 Å². The molecule has 7 heteroatoms. The van der Waals surface area contributed by atoms with E-state index in [0.29, 0.717) is 24.9 Å². The first-order chi connectivity index (χ1) is 13.6. The van der Waals surface area contributed by atoms with E-state index in [0.717, 1.165) is 16.9 Å². The zero-order valence-electron chi connectivity index (χ0n) is 15.8. The summed E-state index contributed by atoms with van der Waals surface area (Å²) in [6.45, 7) is 2.84. The van der Waals surface area contributed by atoms with Gasteiger partial charge < -0.3 is 19.5 Å².